The van der Waals surface area contributed by atoms with Crippen LogP contribution >= 0.6 is 0 Å². The van der Waals surface area contributed by atoms with E-state index in [1.165, 1.54) is 12.8 Å². The molecule has 0 spiro atoms. The molecule has 2 unspecified atom stereocenters. The van der Waals surface area contributed by atoms with E-state index in [0.717, 1.165) is 38.8 Å². The second-order valence-electron chi connectivity index (χ2n) is 4.67. The third-order valence-corrected chi connectivity index (χ3v) is 3.30. The normalized spacial score (nSPS) is 29.2. The molecule has 92 valence electrons. The molecule has 0 bridgehead atoms. The number of hydrogen-bond donors (Lipinski definition) is 1. The highest BCUT2D eigenvalue weighted by Gasteiger charge is 2.39. The molecule has 0 amide bonds. The SMILES string of the molecule is CCCCCOC1CCC(C#N)(NCC)C1. The summed E-state index contributed by atoms with van der Waals surface area (Å²) in [6.45, 7) is 5.96. The van der Waals surface area contributed by atoms with E-state index in [9.17, 15) is 5.26 Å². The van der Waals surface area contributed by atoms with Gasteiger partial charge in [0.1, 0.15) is 5.54 Å². The van der Waals surface area contributed by atoms with E-state index in [0.29, 0.717) is 0 Å². The average Bonchev–Trinajstić information content (AvgIpc) is 2.70. The molecule has 1 aliphatic carbocycles. The quantitative estimate of drug-likeness (QED) is 0.676. The molecule has 1 fully saturated rings. The lowest BCUT2D eigenvalue weighted by Crippen LogP contribution is -2.41. The van der Waals surface area contributed by atoms with Gasteiger partial charge in [-0.05, 0) is 25.8 Å². The first-order valence-corrected chi connectivity index (χ1v) is 6.54. The third-order valence-electron chi connectivity index (χ3n) is 3.30. The maximum atomic E-state index is 9.21. The molecule has 3 nitrogen and oxygen atoms in total. The Balaban J connectivity index is 2.26. The van der Waals surface area contributed by atoms with Crippen LogP contribution in [-0.2, 0) is 4.74 Å². The lowest BCUT2D eigenvalue weighted by molar-refractivity contribution is 0.0522. The average molecular weight is 224 g/mol. The Morgan fingerprint density at radius 1 is 1.44 bits per heavy atom. The van der Waals surface area contributed by atoms with Crippen LogP contribution in [-0.4, -0.2) is 24.8 Å². The molecule has 3 heteroatoms. The summed E-state index contributed by atoms with van der Waals surface area (Å²) < 4.78 is 5.82. The molecule has 0 aliphatic heterocycles. The Morgan fingerprint density at radius 2 is 2.25 bits per heavy atom. The second-order valence-corrected chi connectivity index (χ2v) is 4.67. The molecule has 1 saturated carbocycles. The minimum Gasteiger partial charge on any atom is -0.378 e. The number of nitrogens with one attached hydrogen (secondary N) is 1. The zero-order valence-corrected chi connectivity index (χ0v) is 10.6. The smallest absolute Gasteiger partial charge is 0.109 e. The molecule has 0 aromatic heterocycles. The van der Waals surface area contributed by atoms with Gasteiger partial charge in [-0.2, -0.15) is 5.26 Å². The maximum absolute atomic E-state index is 9.21. The van der Waals surface area contributed by atoms with Crippen molar-refractivity contribution in [3.8, 4) is 6.07 Å². The van der Waals surface area contributed by atoms with Gasteiger partial charge in [0.05, 0.1) is 12.2 Å². The number of nitrogens with zero attached hydrogens (tertiary/aromatic N) is 1. The highest BCUT2D eigenvalue weighted by atomic mass is 16.5. The van der Waals surface area contributed by atoms with Crippen molar-refractivity contribution in [3.05, 3.63) is 0 Å². The summed E-state index contributed by atoms with van der Waals surface area (Å²) in [7, 11) is 0. The summed E-state index contributed by atoms with van der Waals surface area (Å²) >= 11 is 0. The molecule has 2 atom stereocenters. The van der Waals surface area contributed by atoms with Gasteiger partial charge in [-0.25, -0.2) is 0 Å². The van der Waals surface area contributed by atoms with Crippen LogP contribution in [0.5, 0.6) is 0 Å². The lowest BCUT2D eigenvalue weighted by Gasteiger charge is -2.21. The van der Waals surface area contributed by atoms with Crippen molar-refractivity contribution in [2.75, 3.05) is 13.2 Å². The first-order chi connectivity index (χ1) is 7.76. The molecule has 0 radical (unpaired) electrons. The van der Waals surface area contributed by atoms with Gasteiger partial charge in [0.25, 0.3) is 0 Å². The second kappa shape index (κ2) is 6.88. The minimum absolute atomic E-state index is 0.288. The molecule has 0 aromatic rings. The third kappa shape index (κ3) is 3.77. The first kappa shape index (κ1) is 13.5. The van der Waals surface area contributed by atoms with Crippen LogP contribution in [0.3, 0.4) is 0 Å². The predicted molar refractivity (Wildman–Crippen MR) is 65.1 cm³/mol. The van der Waals surface area contributed by atoms with Crippen molar-refractivity contribution in [3.63, 3.8) is 0 Å². The van der Waals surface area contributed by atoms with E-state index in [1.807, 2.05) is 0 Å². The molecular weight excluding hydrogens is 200 g/mol. The van der Waals surface area contributed by atoms with Gasteiger partial charge in [-0.1, -0.05) is 26.7 Å². The number of unbranched alkanes of at least 4 members (excludes halogenated alkanes) is 2. The number of hydrogen-bond acceptors (Lipinski definition) is 3. The van der Waals surface area contributed by atoms with Crippen molar-refractivity contribution in [1.82, 2.24) is 5.32 Å². The zero-order chi connectivity index (χ0) is 11.9. The lowest BCUT2D eigenvalue weighted by atomic mass is 10.00. The fraction of sp³-hybridized carbons (Fsp3) is 0.923. The largest absolute Gasteiger partial charge is 0.378 e. The molecule has 0 saturated heterocycles. The Bertz CT molecular complexity index is 237. The standard InChI is InChI=1S/C13H24N2O/c1-3-5-6-9-16-12-7-8-13(10-12,11-14)15-4-2/h12,15H,3-10H2,1-2H3. The fourth-order valence-electron chi connectivity index (χ4n) is 2.38. The van der Waals surface area contributed by atoms with Crippen molar-refractivity contribution in [2.24, 2.45) is 0 Å². The maximum Gasteiger partial charge on any atom is 0.109 e. The van der Waals surface area contributed by atoms with E-state index in [4.69, 9.17) is 4.74 Å². The van der Waals surface area contributed by atoms with Crippen LogP contribution < -0.4 is 5.32 Å². The Kier molecular flexibility index (Phi) is 5.79. The predicted octanol–water partition coefficient (Wildman–Crippen LogP) is 2.62. The molecule has 1 rings (SSSR count). The van der Waals surface area contributed by atoms with Gasteiger partial charge in [0.2, 0.25) is 0 Å². The van der Waals surface area contributed by atoms with Crippen LogP contribution in [0, 0.1) is 11.3 Å². The van der Waals surface area contributed by atoms with Crippen molar-refractivity contribution < 1.29 is 4.74 Å². The first-order valence-electron chi connectivity index (χ1n) is 6.54. The van der Waals surface area contributed by atoms with Crippen molar-refractivity contribution in [2.45, 2.75) is 64.0 Å². The summed E-state index contributed by atoms with van der Waals surface area (Å²) in [5.74, 6) is 0. The molecular formula is C13H24N2O. The molecule has 0 aromatic carbocycles. The monoisotopic (exact) mass is 224 g/mol. The van der Waals surface area contributed by atoms with Crippen LogP contribution in [0.25, 0.3) is 0 Å². The summed E-state index contributed by atoms with van der Waals surface area (Å²) in [6.07, 6.45) is 6.70. The van der Waals surface area contributed by atoms with Gasteiger partial charge in [-0.3, -0.25) is 5.32 Å². The summed E-state index contributed by atoms with van der Waals surface area (Å²) in [6, 6.07) is 2.42. The van der Waals surface area contributed by atoms with Crippen LogP contribution in [0.15, 0.2) is 0 Å². The number of rotatable bonds is 7. The van der Waals surface area contributed by atoms with E-state index >= 15 is 0 Å². The van der Waals surface area contributed by atoms with Crippen LogP contribution in [0.2, 0.25) is 0 Å². The minimum atomic E-state index is -0.315. The zero-order valence-electron chi connectivity index (χ0n) is 10.6. The van der Waals surface area contributed by atoms with E-state index in [2.05, 4.69) is 25.2 Å². The number of nitriles is 1. The topological polar surface area (TPSA) is 45.0 Å². The Morgan fingerprint density at radius 3 is 2.88 bits per heavy atom. The van der Waals surface area contributed by atoms with Gasteiger partial charge in [0, 0.05) is 13.0 Å². The molecule has 1 aliphatic rings. The summed E-state index contributed by atoms with van der Waals surface area (Å²) in [4.78, 5) is 0. The van der Waals surface area contributed by atoms with Crippen LogP contribution in [0.4, 0.5) is 0 Å². The number of ether oxygens (including phenoxy) is 1. The van der Waals surface area contributed by atoms with Gasteiger partial charge >= 0.3 is 0 Å². The fourth-order valence-corrected chi connectivity index (χ4v) is 2.38. The van der Waals surface area contributed by atoms with Crippen molar-refractivity contribution in [1.29, 1.82) is 5.26 Å². The van der Waals surface area contributed by atoms with E-state index in [1.54, 1.807) is 0 Å². The summed E-state index contributed by atoms with van der Waals surface area (Å²) in [5, 5.41) is 12.5. The van der Waals surface area contributed by atoms with Crippen molar-refractivity contribution >= 4 is 0 Å². The molecule has 16 heavy (non-hydrogen) atoms. The molecule has 0 heterocycles. The Labute approximate surface area is 99.2 Å². The highest BCUT2D eigenvalue weighted by Crippen LogP contribution is 2.31. The molecule has 1 N–H and O–H groups in total. The van der Waals surface area contributed by atoms with E-state index in [-0.39, 0.29) is 11.6 Å². The van der Waals surface area contributed by atoms with Gasteiger partial charge in [0.15, 0.2) is 0 Å². The van der Waals surface area contributed by atoms with Gasteiger partial charge < -0.3 is 4.74 Å². The Hall–Kier alpha value is -0.590. The summed E-state index contributed by atoms with van der Waals surface area (Å²) in [5.41, 5.74) is -0.315. The van der Waals surface area contributed by atoms with Gasteiger partial charge in [-0.15, -0.1) is 0 Å². The van der Waals surface area contributed by atoms with E-state index < -0.39 is 0 Å². The highest BCUT2D eigenvalue weighted by molar-refractivity contribution is 5.12. The van der Waals surface area contributed by atoms with Crippen LogP contribution in [0.1, 0.15) is 52.4 Å².